The minimum atomic E-state index is -0.818. The Morgan fingerprint density at radius 3 is 1.10 bits per heavy atom. The first-order valence-corrected chi connectivity index (χ1v) is 25.2. The van der Waals surface area contributed by atoms with Gasteiger partial charge >= 0.3 is 17.9 Å². The van der Waals surface area contributed by atoms with Crippen LogP contribution in [0.15, 0.2) is 97.2 Å². The maximum absolute atomic E-state index is 12.8. The SMILES string of the molecule is CC/C=C\C/C=C\C/C=C\C/C=C\CCC(=O)OCC(COC(=O)CCCCCCC/C=C\CCCCCCCCC)OC(=O)CCCCCCC/C=C\C/C=C\C/C=C\CC. The Morgan fingerprint density at radius 2 is 0.661 bits per heavy atom. The molecule has 0 amide bonds. The normalized spacial score (nSPS) is 12.9. The summed E-state index contributed by atoms with van der Waals surface area (Å²) in [5, 5.41) is 0. The van der Waals surface area contributed by atoms with E-state index in [0.717, 1.165) is 116 Å². The summed E-state index contributed by atoms with van der Waals surface area (Å²) in [5.74, 6) is -1.03. The summed E-state index contributed by atoms with van der Waals surface area (Å²) in [6, 6.07) is 0. The Labute approximate surface area is 381 Å². The summed E-state index contributed by atoms with van der Waals surface area (Å²) in [6.07, 6.45) is 65.5. The Balaban J connectivity index is 4.51. The molecular weight excluding hydrogens is 769 g/mol. The maximum atomic E-state index is 12.8. The van der Waals surface area contributed by atoms with Gasteiger partial charge in [-0.3, -0.25) is 14.4 Å². The van der Waals surface area contributed by atoms with Gasteiger partial charge < -0.3 is 14.2 Å². The van der Waals surface area contributed by atoms with Gasteiger partial charge in [0.25, 0.3) is 0 Å². The van der Waals surface area contributed by atoms with E-state index in [9.17, 15) is 14.4 Å². The predicted molar refractivity (Wildman–Crippen MR) is 265 cm³/mol. The molecule has 6 heteroatoms. The van der Waals surface area contributed by atoms with Gasteiger partial charge in [0.05, 0.1) is 0 Å². The fraction of sp³-hybridized carbons (Fsp3) is 0.661. The third kappa shape index (κ3) is 47.4. The summed E-state index contributed by atoms with van der Waals surface area (Å²) in [5.41, 5.74) is 0. The lowest BCUT2D eigenvalue weighted by molar-refractivity contribution is -0.166. The quantitative estimate of drug-likeness (QED) is 0.0263. The van der Waals surface area contributed by atoms with Gasteiger partial charge in [0, 0.05) is 19.3 Å². The Kier molecular flexibility index (Phi) is 47.0. The number of allylic oxidation sites excluding steroid dienone is 16. The van der Waals surface area contributed by atoms with Crippen LogP contribution in [0, 0.1) is 0 Å². The number of ether oxygens (including phenoxy) is 3. The second-order valence-corrected chi connectivity index (χ2v) is 16.3. The highest BCUT2D eigenvalue weighted by molar-refractivity contribution is 5.71. The molecule has 0 bridgehead atoms. The Hall–Kier alpha value is -3.67. The van der Waals surface area contributed by atoms with E-state index in [-0.39, 0.29) is 37.5 Å². The molecule has 0 aromatic carbocycles. The monoisotopic (exact) mass is 861 g/mol. The van der Waals surface area contributed by atoms with E-state index in [1.807, 2.05) is 12.2 Å². The number of rotatable bonds is 44. The number of hydrogen-bond donors (Lipinski definition) is 0. The van der Waals surface area contributed by atoms with E-state index in [4.69, 9.17) is 14.2 Å². The van der Waals surface area contributed by atoms with Crippen molar-refractivity contribution in [3.8, 4) is 0 Å². The number of unbranched alkanes of at least 4 members (excludes halogenated alkanes) is 17. The zero-order chi connectivity index (χ0) is 45.1. The molecule has 0 aliphatic carbocycles. The third-order valence-corrected chi connectivity index (χ3v) is 10.3. The molecule has 0 spiro atoms. The first kappa shape index (κ1) is 58.3. The number of carbonyl (C=O) groups excluding carboxylic acids is 3. The lowest BCUT2D eigenvalue weighted by Gasteiger charge is -2.18. The minimum absolute atomic E-state index is 0.112. The van der Waals surface area contributed by atoms with Crippen LogP contribution in [-0.2, 0) is 28.6 Å². The van der Waals surface area contributed by atoms with Crippen molar-refractivity contribution in [2.75, 3.05) is 13.2 Å². The molecule has 0 aromatic rings. The third-order valence-electron chi connectivity index (χ3n) is 10.3. The fourth-order valence-electron chi connectivity index (χ4n) is 6.58. The maximum Gasteiger partial charge on any atom is 0.306 e. The summed E-state index contributed by atoms with van der Waals surface area (Å²) in [7, 11) is 0. The van der Waals surface area contributed by atoms with E-state index in [1.165, 1.54) is 57.8 Å². The molecule has 1 unspecified atom stereocenters. The van der Waals surface area contributed by atoms with Gasteiger partial charge in [-0.05, 0) is 103 Å². The topological polar surface area (TPSA) is 78.9 Å². The molecular formula is C56H92O6. The minimum Gasteiger partial charge on any atom is -0.462 e. The second kappa shape index (κ2) is 50.0. The van der Waals surface area contributed by atoms with Gasteiger partial charge in [0.15, 0.2) is 6.10 Å². The lowest BCUT2D eigenvalue weighted by Crippen LogP contribution is -2.30. The van der Waals surface area contributed by atoms with Crippen LogP contribution in [-0.4, -0.2) is 37.2 Å². The highest BCUT2D eigenvalue weighted by Crippen LogP contribution is 2.13. The van der Waals surface area contributed by atoms with Gasteiger partial charge in [-0.15, -0.1) is 0 Å². The van der Waals surface area contributed by atoms with Crippen LogP contribution in [0.1, 0.15) is 220 Å². The molecule has 0 aromatic heterocycles. The Morgan fingerprint density at radius 1 is 0.339 bits per heavy atom. The van der Waals surface area contributed by atoms with Crippen molar-refractivity contribution < 1.29 is 28.6 Å². The molecule has 0 fully saturated rings. The van der Waals surface area contributed by atoms with Crippen molar-refractivity contribution in [1.82, 2.24) is 0 Å². The van der Waals surface area contributed by atoms with Crippen molar-refractivity contribution in [3.63, 3.8) is 0 Å². The molecule has 0 rings (SSSR count). The standard InChI is InChI=1S/C56H92O6/c1-4-7-10-13-16-19-22-25-27-29-31-34-37-40-43-46-49-55(58)61-52-53(51-60-54(57)48-45-42-39-36-33-30-24-21-18-15-12-9-6-3)62-56(59)50-47-44-41-38-35-32-28-26-23-20-17-14-11-8-5-2/h8-9,11-12,17-18,20-21,26-30,33,39,42,53H,4-7,10,13-16,19,22-25,31-32,34-38,40-41,43-52H2,1-3H3/b11-8-,12-9-,20-17-,21-18-,28-26-,29-27-,33-30-,42-39-. The van der Waals surface area contributed by atoms with Crippen molar-refractivity contribution in [3.05, 3.63) is 97.2 Å². The lowest BCUT2D eigenvalue weighted by atomic mass is 10.1. The first-order chi connectivity index (χ1) is 30.5. The van der Waals surface area contributed by atoms with Crippen LogP contribution in [0.3, 0.4) is 0 Å². The van der Waals surface area contributed by atoms with E-state index in [0.29, 0.717) is 19.3 Å². The largest absolute Gasteiger partial charge is 0.462 e. The molecule has 1 atom stereocenters. The van der Waals surface area contributed by atoms with Crippen LogP contribution in [0.5, 0.6) is 0 Å². The molecule has 352 valence electrons. The van der Waals surface area contributed by atoms with Crippen LogP contribution in [0.25, 0.3) is 0 Å². The molecule has 0 aliphatic heterocycles. The molecule has 0 saturated heterocycles. The molecule has 0 radical (unpaired) electrons. The van der Waals surface area contributed by atoms with Crippen LogP contribution >= 0.6 is 0 Å². The van der Waals surface area contributed by atoms with Gasteiger partial charge in [-0.1, -0.05) is 195 Å². The summed E-state index contributed by atoms with van der Waals surface area (Å²) >= 11 is 0. The first-order valence-electron chi connectivity index (χ1n) is 25.2. The summed E-state index contributed by atoms with van der Waals surface area (Å²) in [6.45, 7) is 6.31. The number of hydrogen-bond acceptors (Lipinski definition) is 6. The molecule has 0 saturated carbocycles. The van der Waals surface area contributed by atoms with E-state index >= 15 is 0 Å². The number of carbonyl (C=O) groups is 3. The predicted octanol–water partition coefficient (Wildman–Crippen LogP) is 16.6. The zero-order valence-corrected chi connectivity index (χ0v) is 40.1. The molecule has 62 heavy (non-hydrogen) atoms. The van der Waals surface area contributed by atoms with E-state index < -0.39 is 6.10 Å². The highest BCUT2D eigenvalue weighted by Gasteiger charge is 2.19. The van der Waals surface area contributed by atoms with Crippen molar-refractivity contribution >= 4 is 17.9 Å². The van der Waals surface area contributed by atoms with Gasteiger partial charge in [-0.2, -0.15) is 0 Å². The van der Waals surface area contributed by atoms with Crippen molar-refractivity contribution in [2.24, 2.45) is 0 Å². The van der Waals surface area contributed by atoms with Crippen LogP contribution in [0.2, 0.25) is 0 Å². The van der Waals surface area contributed by atoms with Crippen molar-refractivity contribution in [2.45, 2.75) is 226 Å². The van der Waals surface area contributed by atoms with Gasteiger partial charge in [0.2, 0.25) is 0 Å². The smallest absolute Gasteiger partial charge is 0.306 e. The molecule has 0 heterocycles. The molecule has 0 N–H and O–H groups in total. The fourth-order valence-corrected chi connectivity index (χ4v) is 6.58. The van der Waals surface area contributed by atoms with Gasteiger partial charge in [0.1, 0.15) is 13.2 Å². The second-order valence-electron chi connectivity index (χ2n) is 16.3. The van der Waals surface area contributed by atoms with E-state index in [1.54, 1.807) is 0 Å². The highest BCUT2D eigenvalue weighted by atomic mass is 16.6. The average molecular weight is 861 g/mol. The molecule has 0 aliphatic rings. The van der Waals surface area contributed by atoms with E-state index in [2.05, 4.69) is 106 Å². The Bertz CT molecular complexity index is 1260. The average Bonchev–Trinajstić information content (AvgIpc) is 3.27. The van der Waals surface area contributed by atoms with Crippen molar-refractivity contribution in [1.29, 1.82) is 0 Å². The number of esters is 3. The van der Waals surface area contributed by atoms with Crippen LogP contribution < -0.4 is 0 Å². The van der Waals surface area contributed by atoms with Gasteiger partial charge in [-0.25, -0.2) is 0 Å². The molecule has 6 nitrogen and oxygen atoms in total. The van der Waals surface area contributed by atoms with Crippen LogP contribution in [0.4, 0.5) is 0 Å². The summed E-state index contributed by atoms with van der Waals surface area (Å²) < 4.78 is 16.7. The summed E-state index contributed by atoms with van der Waals surface area (Å²) in [4.78, 5) is 37.9. The zero-order valence-electron chi connectivity index (χ0n) is 40.1.